The Morgan fingerprint density at radius 1 is 1.28 bits per heavy atom. The standard InChI is InChI=1S/C18H11ClFN3O5S/c19-13-5-4-10(6-14(13)23(27)28)7-15-17(25)22(18(26)29-15)9-16(24)21-12-3-1-2-11(20)8-12/h1-8H,9H2,(H,21,24)/b15-7+. The van der Waals surface area contributed by atoms with Gasteiger partial charge in [0.15, 0.2) is 0 Å². The van der Waals surface area contributed by atoms with Gasteiger partial charge in [-0.25, -0.2) is 4.39 Å². The van der Waals surface area contributed by atoms with Crippen LogP contribution in [0.15, 0.2) is 47.4 Å². The number of rotatable bonds is 5. The summed E-state index contributed by atoms with van der Waals surface area (Å²) in [4.78, 5) is 47.7. The molecule has 0 saturated carbocycles. The number of amides is 3. The van der Waals surface area contributed by atoms with E-state index in [0.717, 1.165) is 11.0 Å². The van der Waals surface area contributed by atoms with Gasteiger partial charge < -0.3 is 5.32 Å². The number of nitro benzene ring substituents is 1. The molecule has 2 aromatic rings. The molecule has 1 heterocycles. The van der Waals surface area contributed by atoms with E-state index >= 15 is 0 Å². The van der Waals surface area contributed by atoms with Crippen molar-refractivity contribution in [3.63, 3.8) is 0 Å². The average molecular weight is 436 g/mol. The van der Waals surface area contributed by atoms with Gasteiger partial charge in [-0.1, -0.05) is 23.7 Å². The van der Waals surface area contributed by atoms with Gasteiger partial charge in [0.05, 0.1) is 9.83 Å². The molecular weight excluding hydrogens is 425 g/mol. The van der Waals surface area contributed by atoms with Crippen LogP contribution >= 0.6 is 23.4 Å². The van der Waals surface area contributed by atoms with Gasteiger partial charge in [0.1, 0.15) is 17.4 Å². The maximum absolute atomic E-state index is 13.2. The largest absolute Gasteiger partial charge is 0.324 e. The zero-order valence-corrected chi connectivity index (χ0v) is 16.0. The highest BCUT2D eigenvalue weighted by Crippen LogP contribution is 2.33. The predicted molar refractivity (Wildman–Crippen MR) is 106 cm³/mol. The lowest BCUT2D eigenvalue weighted by Crippen LogP contribution is -2.36. The van der Waals surface area contributed by atoms with Crippen LogP contribution < -0.4 is 5.32 Å². The number of hydrogen-bond donors (Lipinski definition) is 1. The number of thioether (sulfide) groups is 1. The minimum absolute atomic E-state index is 0.00479. The van der Waals surface area contributed by atoms with E-state index < -0.39 is 34.3 Å². The van der Waals surface area contributed by atoms with Gasteiger partial charge in [0.25, 0.3) is 16.8 Å². The second kappa shape index (κ2) is 8.41. The molecule has 0 aromatic heterocycles. The maximum Gasteiger partial charge on any atom is 0.294 e. The maximum atomic E-state index is 13.2. The van der Waals surface area contributed by atoms with Gasteiger partial charge in [-0.3, -0.25) is 29.4 Å². The quantitative estimate of drug-likeness (QED) is 0.431. The predicted octanol–water partition coefficient (Wildman–Crippen LogP) is 4.06. The van der Waals surface area contributed by atoms with E-state index in [2.05, 4.69) is 5.32 Å². The number of carbonyl (C=O) groups excluding carboxylic acids is 3. The van der Waals surface area contributed by atoms with E-state index in [0.29, 0.717) is 17.3 Å². The Morgan fingerprint density at radius 3 is 2.72 bits per heavy atom. The normalized spacial score (nSPS) is 15.1. The summed E-state index contributed by atoms with van der Waals surface area (Å²) in [6.07, 6.45) is 1.30. The number of imide groups is 1. The number of nitrogens with one attached hydrogen (secondary N) is 1. The van der Waals surface area contributed by atoms with E-state index in [4.69, 9.17) is 11.6 Å². The van der Waals surface area contributed by atoms with Crippen molar-refractivity contribution in [2.24, 2.45) is 0 Å². The van der Waals surface area contributed by atoms with Crippen LogP contribution in [0.2, 0.25) is 5.02 Å². The Morgan fingerprint density at radius 2 is 2.03 bits per heavy atom. The summed E-state index contributed by atoms with van der Waals surface area (Å²) in [6.45, 7) is -0.556. The highest BCUT2D eigenvalue weighted by molar-refractivity contribution is 8.18. The van der Waals surface area contributed by atoms with Crippen molar-refractivity contribution in [2.45, 2.75) is 0 Å². The molecule has 0 aliphatic carbocycles. The molecule has 1 N–H and O–H groups in total. The van der Waals surface area contributed by atoms with Crippen LogP contribution in [0, 0.1) is 15.9 Å². The fourth-order valence-electron chi connectivity index (χ4n) is 2.46. The lowest BCUT2D eigenvalue weighted by molar-refractivity contribution is -0.384. The second-order valence-electron chi connectivity index (χ2n) is 5.79. The summed E-state index contributed by atoms with van der Waals surface area (Å²) in [5.41, 5.74) is 0.149. The van der Waals surface area contributed by atoms with Crippen molar-refractivity contribution in [2.75, 3.05) is 11.9 Å². The molecule has 1 fully saturated rings. The lowest BCUT2D eigenvalue weighted by atomic mass is 10.2. The van der Waals surface area contributed by atoms with Crippen molar-refractivity contribution >= 4 is 57.9 Å². The highest BCUT2D eigenvalue weighted by atomic mass is 35.5. The Kier molecular flexibility index (Phi) is 5.95. The second-order valence-corrected chi connectivity index (χ2v) is 7.19. The Labute approximate surface area is 172 Å². The van der Waals surface area contributed by atoms with Crippen molar-refractivity contribution < 1.29 is 23.7 Å². The fraction of sp³-hybridized carbons (Fsp3) is 0.0556. The Hall–Kier alpha value is -3.24. The first-order valence-corrected chi connectivity index (χ1v) is 9.19. The van der Waals surface area contributed by atoms with E-state index in [-0.39, 0.29) is 21.3 Å². The molecule has 1 aliphatic heterocycles. The van der Waals surface area contributed by atoms with Gasteiger partial charge in [-0.15, -0.1) is 0 Å². The lowest BCUT2D eigenvalue weighted by Gasteiger charge is -2.12. The highest BCUT2D eigenvalue weighted by Gasteiger charge is 2.36. The van der Waals surface area contributed by atoms with E-state index in [1.165, 1.54) is 42.5 Å². The third kappa shape index (κ3) is 4.79. The summed E-state index contributed by atoms with van der Waals surface area (Å²) < 4.78 is 13.2. The Bertz CT molecular complexity index is 1080. The molecule has 11 heteroatoms. The minimum Gasteiger partial charge on any atom is -0.324 e. The number of halogens is 2. The molecular formula is C18H11ClFN3O5S. The number of nitrogens with zero attached hydrogens (tertiary/aromatic N) is 2. The first kappa shape index (κ1) is 20.5. The summed E-state index contributed by atoms with van der Waals surface area (Å²) in [6, 6.07) is 9.10. The molecule has 0 unspecified atom stereocenters. The number of hydrogen-bond acceptors (Lipinski definition) is 6. The van der Waals surface area contributed by atoms with Crippen molar-refractivity contribution in [1.82, 2.24) is 4.90 Å². The topological polar surface area (TPSA) is 110 Å². The molecule has 0 spiro atoms. The van der Waals surface area contributed by atoms with E-state index in [9.17, 15) is 28.9 Å². The third-order valence-corrected chi connectivity index (χ3v) is 4.98. The molecule has 148 valence electrons. The van der Waals surface area contributed by atoms with Crippen LogP contribution in [0.3, 0.4) is 0 Å². The molecule has 2 aromatic carbocycles. The number of nitro groups is 1. The molecule has 1 aliphatic rings. The van der Waals surface area contributed by atoms with Gasteiger partial charge in [-0.2, -0.15) is 0 Å². The molecule has 3 amide bonds. The summed E-state index contributed by atoms with van der Waals surface area (Å²) in [7, 11) is 0. The zero-order valence-electron chi connectivity index (χ0n) is 14.4. The molecule has 29 heavy (non-hydrogen) atoms. The number of benzene rings is 2. The molecule has 0 bridgehead atoms. The number of anilines is 1. The van der Waals surface area contributed by atoms with Crippen LogP contribution in [0.5, 0.6) is 0 Å². The summed E-state index contributed by atoms with van der Waals surface area (Å²) >= 11 is 6.35. The fourth-order valence-corrected chi connectivity index (χ4v) is 3.48. The third-order valence-electron chi connectivity index (χ3n) is 3.75. The monoisotopic (exact) mass is 435 g/mol. The minimum atomic E-state index is -0.716. The summed E-state index contributed by atoms with van der Waals surface area (Å²) in [5, 5.41) is 12.6. The first-order valence-electron chi connectivity index (χ1n) is 7.99. The molecule has 0 atom stereocenters. The van der Waals surface area contributed by atoms with Gasteiger partial charge in [-0.05, 0) is 47.7 Å². The Balaban J connectivity index is 1.74. The molecule has 0 radical (unpaired) electrons. The van der Waals surface area contributed by atoms with Gasteiger partial charge in [0, 0.05) is 11.8 Å². The van der Waals surface area contributed by atoms with Crippen molar-refractivity contribution in [3.8, 4) is 0 Å². The van der Waals surface area contributed by atoms with Crippen LogP contribution in [0.1, 0.15) is 5.56 Å². The van der Waals surface area contributed by atoms with Crippen LogP contribution in [-0.2, 0) is 9.59 Å². The first-order chi connectivity index (χ1) is 13.7. The smallest absolute Gasteiger partial charge is 0.294 e. The van der Waals surface area contributed by atoms with Gasteiger partial charge in [0.2, 0.25) is 5.91 Å². The van der Waals surface area contributed by atoms with Crippen molar-refractivity contribution in [3.05, 3.63) is 73.9 Å². The zero-order chi connectivity index (χ0) is 21.1. The number of carbonyl (C=O) groups is 3. The van der Waals surface area contributed by atoms with Gasteiger partial charge >= 0.3 is 0 Å². The molecule has 1 saturated heterocycles. The average Bonchev–Trinajstić information content (AvgIpc) is 2.90. The van der Waals surface area contributed by atoms with Crippen LogP contribution in [0.25, 0.3) is 6.08 Å². The van der Waals surface area contributed by atoms with Crippen molar-refractivity contribution in [1.29, 1.82) is 0 Å². The molecule has 8 nitrogen and oxygen atoms in total. The van der Waals surface area contributed by atoms with Crippen LogP contribution in [-0.4, -0.2) is 33.4 Å². The van der Waals surface area contributed by atoms with E-state index in [1.54, 1.807) is 0 Å². The summed E-state index contributed by atoms with van der Waals surface area (Å²) in [5.74, 6) is -1.94. The van der Waals surface area contributed by atoms with Crippen LogP contribution in [0.4, 0.5) is 20.6 Å². The van der Waals surface area contributed by atoms with E-state index in [1.807, 2.05) is 0 Å². The SMILES string of the molecule is O=C(CN1C(=O)S/C(=C/c2ccc(Cl)c([N+](=O)[O-])c2)C1=O)Nc1cccc(F)c1. The molecule has 3 rings (SSSR count).